The Kier molecular flexibility index (Phi) is 49.1. The van der Waals surface area contributed by atoms with Crippen molar-refractivity contribution < 1.29 is 124 Å². The molecule has 0 unspecified atom stereocenters. The van der Waals surface area contributed by atoms with E-state index < -0.39 is 55.4 Å². The zero-order valence-corrected chi connectivity index (χ0v) is 91.1. The number of ether oxygens (including phenoxy) is 8. The van der Waals surface area contributed by atoms with E-state index in [4.69, 9.17) is 37.9 Å². The third kappa shape index (κ3) is 36.1. The molecular weight excluding hydrogens is 2030 g/mol. The molecule has 0 atom stereocenters. The molecule has 0 heterocycles. The molecular formula is C110H124F6N6O20S6. The van der Waals surface area contributed by atoms with Crippen molar-refractivity contribution in [2.45, 2.75) is 162 Å². The predicted octanol–water partition coefficient (Wildman–Crippen LogP) is 31.0. The number of para-hydroxylation sites is 2. The van der Waals surface area contributed by atoms with Crippen LogP contribution in [0.1, 0.15) is 150 Å². The molecule has 0 spiro atoms. The largest absolute Gasteiger partial charge is 0.497 e. The van der Waals surface area contributed by atoms with E-state index in [9.17, 15) is 86.4 Å². The van der Waals surface area contributed by atoms with Crippen molar-refractivity contribution in [1.82, 2.24) is 0 Å². The highest BCUT2D eigenvalue weighted by Gasteiger charge is 2.34. The summed E-state index contributed by atoms with van der Waals surface area (Å²) in [4.78, 5) is 70.7. The molecule has 0 radical (unpaired) electrons. The summed E-state index contributed by atoms with van der Waals surface area (Å²) in [5.74, 6) is 4.84. The normalized spacial score (nSPS) is 10.7. The first-order chi connectivity index (χ1) is 70.1. The number of nitrogens with zero attached hydrogens (tertiary/aromatic N) is 6. The first-order valence-corrected chi connectivity index (χ1v) is 53.1. The number of carbonyl (C=O) groups excluding carboxylic acids is 6. The fraction of sp³-hybridized carbons (Fsp3) is 0.291. The smallest absolute Gasteiger partial charge is 0.416 e. The van der Waals surface area contributed by atoms with Gasteiger partial charge in [0.15, 0.2) is 0 Å². The molecule has 6 N–H and O–H groups in total. The van der Waals surface area contributed by atoms with Crippen molar-refractivity contribution in [3.05, 3.63) is 341 Å². The standard InChI is InChI=1S/C20H25NO3S.C19H23NO4S.C18H18F3NO3S.C18H19F2NO3S.C18H21NO4S.C17H18FNO3S/c1-13(2)17-8-6-7-16(19(17)21(23)20(22)25-5)12-24-18-10-9-14(3)11-15(18)4;1-5-23-16-8-7-15(17(11-16)20(22)19(21)25-4)12-24-18-9-6-13(2)10-14(18)3;1-11-4-7-16(12(2)8-11)25-10-13-5-6-14(18(19,20)21)9-15(13)22(24)17(23)26-3;1-11-4-7-16(12(2)8-11)24-10-14-6-5-13(17(19)20)9-15(14)21(23)18(22)25-3;1-12-5-8-17(13(2)9-12)23-11-14-6-7-15(22-3)10-16(14)19(21)18(20)24-4;1-11-7-8-15(12(2)9-11)22-10-13-5-4-6-14(18)16(13)19(21)17(20)23-3/h6-11,13,23H,12H2,1-5H3;6-11,22H,5,12H2,1-4H3;4-9,24H,10H2,1-3H3;4-9,17,23H,10H2,1-3H3;5-10,21H,11H2,1-4H3;4-9,21H,10H2,1-3H3. The molecule has 0 saturated carbocycles. The van der Waals surface area contributed by atoms with Gasteiger partial charge in [0, 0.05) is 51.1 Å². The second-order valence-corrected chi connectivity index (χ2v) is 38.1. The van der Waals surface area contributed by atoms with E-state index in [1.807, 2.05) is 219 Å². The van der Waals surface area contributed by atoms with E-state index in [0.717, 1.165) is 166 Å². The number of alkyl halides is 5. The van der Waals surface area contributed by atoms with Crippen LogP contribution in [0.3, 0.4) is 0 Å². The van der Waals surface area contributed by atoms with Gasteiger partial charge in [-0.15, -0.1) is 0 Å². The van der Waals surface area contributed by atoms with Crippen molar-refractivity contribution in [2.75, 3.05) is 81.6 Å². The van der Waals surface area contributed by atoms with Gasteiger partial charge in [-0.05, 0) is 257 Å². The van der Waals surface area contributed by atoms with E-state index in [-0.39, 0.29) is 78.8 Å². The lowest BCUT2D eigenvalue weighted by Crippen LogP contribution is -2.25. The zero-order valence-electron chi connectivity index (χ0n) is 86.2. The number of hydroxylamine groups is 6. The molecule has 148 heavy (non-hydrogen) atoms. The van der Waals surface area contributed by atoms with Crippen LogP contribution in [0.5, 0.6) is 46.0 Å². The van der Waals surface area contributed by atoms with E-state index in [0.29, 0.717) is 107 Å². The monoisotopic (exact) mass is 2150 g/mol. The number of amides is 6. The molecule has 0 fully saturated rings. The van der Waals surface area contributed by atoms with Gasteiger partial charge in [0.25, 0.3) is 6.43 Å². The van der Waals surface area contributed by atoms with Gasteiger partial charge >= 0.3 is 37.6 Å². The molecule has 0 aliphatic rings. The van der Waals surface area contributed by atoms with Gasteiger partial charge in [-0.25, -0.2) is 13.2 Å². The fourth-order valence-electron chi connectivity index (χ4n) is 14.4. The minimum atomic E-state index is -4.59. The summed E-state index contributed by atoms with van der Waals surface area (Å²) in [5, 5.41) is 60.1. The van der Waals surface area contributed by atoms with Gasteiger partial charge in [0.1, 0.15) is 97.1 Å². The van der Waals surface area contributed by atoms with Crippen molar-refractivity contribution in [1.29, 1.82) is 0 Å². The Morgan fingerprint density at radius 2 is 0.588 bits per heavy atom. The molecule has 0 aromatic heterocycles. The molecule has 0 aliphatic heterocycles. The third-order valence-electron chi connectivity index (χ3n) is 22.0. The van der Waals surface area contributed by atoms with Crippen LogP contribution in [-0.4, -0.2) is 114 Å². The number of thioether (sulfide) groups is 6. The highest BCUT2D eigenvalue weighted by atomic mass is 32.2. The van der Waals surface area contributed by atoms with Gasteiger partial charge in [-0.3, -0.25) is 60.0 Å². The van der Waals surface area contributed by atoms with Gasteiger partial charge in [-0.2, -0.15) is 43.6 Å². The van der Waals surface area contributed by atoms with E-state index >= 15 is 0 Å². The summed E-state index contributed by atoms with van der Waals surface area (Å²) in [7, 11) is 1.53. The minimum absolute atomic E-state index is 0.0121. The Morgan fingerprint density at radius 1 is 0.318 bits per heavy atom. The van der Waals surface area contributed by atoms with E-state index in [2.05, 4.69) is 6.07 Å². The van der Waals surface area contributed by atoms with Crippen LogP contribution in [0.15, 0.2) is 218 Å². The van der Waals surface area contributed by atoms with Crippen molar-refractivity contribution in [3.63, 3.8) is 0 Å². The number of rotatable bonds is 29. The predicted molar refractivity (Wildman–Crippen MR) is 581 cm³/mol. The molecule has 12 rings (SSSR count). The average molecular weight is 2160 g/mol. The summed E-state index contributed by atoms with van der Waals surface area (Å²) in [6.45, 7) is 30.8. The number of hydrogen-bond donors (Lipinski definition) is 6. The summed E-state index contributed by atoms with van der Waals surface area (Å²) in [6, 6.07) is 61.9. The number of benzene rings is 12. The molecule has 12 aromatic rings. The topological polar surface area (TPSA) is 317 Å². The number of anilines is 6. The SMILES string of the molecule is CCOc1ccc(COc2ccc(C)cc2C)c(N(O)C(=O)SC)c1.COc1ccc(COc2ccc(C)cc2C)c(N(O)C(=O)SC)c1.CSC(=O)N(O)c1c(COc2ccc(C)cc2C)cccc1C(C)C.CSC(=O)N(O)c1c(F)cccc1COc1ccc(C)cc1C.CSC(=O)N(O)c1cc(C(F)(F)F)ccc1COc1ccc(C)cc1C.CSC(=O)N(O)c1cc(C(F)F)ccc1COc1ccc(C)cc1C. The summed E-state index contributed by atoms with van der Waals surface area (Å²) in [5.41, 5.74) is 16.3. The maximum atomic E-state index is 14.0. The van der Waals surface area contributed by atoms with E-state index in [1.54, 1.807) is 67.3 Å². The molecule has 6 amide bonds. The molecule has 792 valence electrons. The maximum Gasteiger partial charge on any atom is 0.416 e. The Hall–Kier alpha value is -12.7. The highest BCUT2D eigenvalue weighted by Crippen LogP contribution is 2.40. The first-order valence-electron chi connectivity index (χ1n) is 45.7. The molecule has 0 aliphatic carbocycles. The average Bonchev–Trinajstić information content (AvgIpc) is 0.772. The molecule has 0 bridgehead atoms. The van der Waals surface area contributed by atoms with Gasteiger partial charge < -0.3 is 37.9 Å². The molecule has 12 aromatic carbocycles. The van der Waals surface area contributed by atoms with Gasteiger partial charge in [0.05, 0.1) is 47.7 Å². The zero-order chi connectivity index (χ0) is 110. The quantitative estimate of drug-likeness (QED) is 0.0144. The van der Waals surface area contributed by atoms with Crippen LogP contribution in [0, 0.1) is 88.9 Å². The Labute approximate surface area is 885 Å². The molecule has 26 nitrogen and oxygen atoms in total. The third-order valence-corrected chi connectivity index (χ3v) is 25.1. The molecule has 0 saturated heterocycles. The second-order valence-electron chi connectivity index (χ2n) is 33.5. The molecule has 38 heteroatoms. The van der Waals surface area contributed by atoms with E-state index in [1.165, 1.54) is 67.3 Å². The van der Waals surface area contributed by atoms with Crippen LogP contribution in [0.25, 0.3) is 0 Å². The second kappa shape index (κ2) is 59.5. The van der Waals surface area contributed by atoms with Crippen LogP contribution in [0.4, 0.5) is 89.2 Å². The first kappa shape index (κ1) is 122. The highest BCUT2D eigenvalue weighted by molar-refractivity contribution is 8.14. The summed E-state index contributed by atoms with van der Waals surface area (Å²) < 4.78 is 124. The van der Waals surface area contributed by atoms with Crippen LogP contribution < -0.4 is 68.3 Å². The van der Waals surface area contributed by atoms with Crippen LogP contribution in [0.2, 0.25) is 0 Å². The van der Waals surface area contributed by atoms with Crippen molar-refractivity contribution >= 4 is 136 Å². The lowest BCUT2D eigenvalue weighted by atomic mass is 9.97. The maximum absolute atomic E-state index is 14.0. The fourth-order valence-corrected chi connectivity index (χ4v) is 16.0. The van der Waals surface area contributed by atoms with Crippen LogP contribution in [-0.2, 0) is 45.8 Å². The van der Waals surface area contributed by atoms with Gasteiger partial charge in [0.2, 0.25) is 0 Å². The van der Waals surface area contributed by atoms with Crippen molar-refractivity contribution in [3.8, 4) is 46.0 Å². The number of aryl methyl sites for hydroxylation is 12. The Morgan fingerprint density at radius 3 is 0.885 bits per heavy atom. The summed E-state index contributed by atoms with van der Waals surface area (Å²) in [6.07, 6.45) is 2.00. The van der Waals surface area contributed by atoms with Crippen LogP contribution >= 0.6 is 70.6 Å². The van der Waals surface area contributed by atoms with Gasteiger partial charge in [-0.1, -0.05) is 239 Å². The number of carbonyl (C=O) groups is 6. The summed E-state index contributed by atoms with van der Waals surface area (Å²) >= 11 is 5.08. The Bertz CT molecular complexity index is 6530. The minimum Gasteiger partial charge on any atom is -0.497 e. The number of halogens is 6. The number of hydrogen-bond acceptors (Lipinski definition) is 26. The Balaban J connectivity index is 0.000000240. The van der Waals surface area contributed by atoms with Crippen molar-refractivity contribution in [2.24, 2.45) is 0 Å². The lowest BCUT2D eigenvalue weighted by molar-refractivity contribution is -0.137. The lowest BCUT2D eigenvalue weighted by Gasteiger charge is -2.23. The number of methoxy groups -OCH3 is 1.